The van der Waals surface area contributed by atoms with Crippen LogP contribution < -0.4 is 4.74 Å². The van der Waals surface area contributed by atoms with E-state index in [2.05, 4.69) is 38.1 Å². The second kappa shape index (κ2) is 15.1. The molecule has 0 aliphatic rings. The van der Waals surface area contributed by atoms with Gasteiger partial charge in [-0.05, 0) is 55.2 Å². The lowest BCUT2D eigenvalue weighted by Crippen LogP contribution is -2.11. The van der Waals surface area contributed by atoms with E-state index in [0.29, 0.717) is 13.2 Å². The minimum atomic E-state index is 0.251. The Labute approximate surface area is 187 Å². The van der Waals surface area contributed by atoms with Gasteiger partial charge < -0.3 is 14.6 Å². The van der Waals surface area contributed by atoms with E-state index in [1.54, 1.807) is 24.3 Å². The molecule has 0 radical (unpaired) electrons. The fourth-order valence-corrected chi connectivity index (χ4v) is 3.11. The van der Waals surface area contributed by atoms with E-state index in [9.17, 15) is 0 Å². The van der Waals surface area contributed by atoms with Crippen LogP contribution in [0.5, 0.6) is 11.5 Å². The SMILES string of the molecule is CCCCCCC(C)Oc1ccc(O)cc1.c1ccc(COCc2ccccc2)cc1. The first-order valence-electron chi connectivity index (χ1n) is 11.3. The summed E-state index contributed by atoms with van der Waals surface area (Å²) in [5.74, 6) is 1.11. The molecule has 0 saturated carbocycles. The minimum absolute atomic E-state index is 0.251. The van der Waals surface area contributed by atoms with Crippen LogP contribution in [-0.2, 0) is 18.0 Å². The zero-order valence-corrected chi connectivity index (χ0v) is 18.9. The molecule has 3 heteroatoms. The number of phenolic OH excluding ortho intramolecular Hbond substituents is 1. The molecule has 0 aliphatic carbocycles. The van der Waals surface area contributed by atoms with Crippen molar-refractivity contribution < 1.29 is 14.6 Å². The van der Waals surface area contributed by atoms with Gasteiger partial charge in [0.05, 0.1) is 19.3 Å². The Morgan fingerprint density at radius 1 is 0.710 bits per heavy atom. The molecule has 166 valence electrons. The first-order chi connectivity index (χ1) is 15.2. The predicted molar refractivity (Wildman–Crippen MR) is 128 cm³/mol. The van der Waals surface area contributed by atoms with Crippen LogP contribution >= 0.6 is 0 Å². The van der Waals surface area contributed by atoms with Crippen molar-refractivity contribution >= 4 is 0 Å². The number of unbranched alkanes of at least 4 members (excludes halogenated alkanes) is 3. The van der Waals surface area contributed by atoms with E-state index in [4.69, 9.17) is 14.6 Å². The molecule has 3 rings (SSSR count). The average Bonchev–Trinajstić information content (AvgIpc) is 2.80. The van der Waals surface area contributed by atoms with E-state index >= 15 is 0 Å². The summed E-state index contributed by atoms with van der Waals surface area (Å²) in [6, 6.07) is 27.4. The van der Waals surface area contributed by atoms with Gasteiger partial charge in [0.1, 0.15) is 11.5 Å². The molecule has 1 unspecified atom stereocenters. The lowest BCUT2D eigenvalue weighted by Gasteiger charge is -2.14. The Hall–Kier alpha value is -2.78. The van der Waals surface area contributed by atoms with Crippen molar-refractivity contribution in [1.82, 2.24) is 0 Å². The first kappa shape index (κ1) is 24.5. The van der Waals surface area contributed by atoms with Gasteiger partial charge in [0.25, 0.3) is 0 Å². The Balaban J connectivity index is 0.000000220. The highest BCUT2D eigenvalue weighted by atomic mass is 16.5. The third-order valence-corrected chi connectivity index (χ3v) is 4.86. The van der Waals surface area contributed by atoms with Crippen LogP contribution in [0.2, 0.25) is 0 Å². The molecule has 0 spiro atoms. The Bertz CT molecular complexity index is 761. The van der Waals surface area contributed by atoms with E-state index in [1.807, 2.05) is 36.4 Å². The number of rotatable bonds is 11. The summed E-state index contributed by atoms with van der Waals surface area (Å²) in [7, 11) is 0. The molecular formula is C28H36O3. The molecule has 1 N–H and O–H groups in total. The van der Waals surface area contributed by atoms with Gasteiger partial charge in [0.15, 0.2) is 0 Å². The Kier molecular flexibility index (Phi) is 11.9. The van der Waals surface area contributed by atoms with Crippen molar-refractivity contribution in [3.63, 3.8) is 0 Å². The summed E-state index contributed by atoms with van der Waals surface area (Å²) in [5.41, 5.74) is 2.43. The molecule has 0 fully saturated rings. The van der Waals surface area contributed by atoms with Crippen LogP contribution in [0.15, 0.2) is 84.9 Å². The van der Waals surface area contributed by atoms with Gasteiger partial charge in [-0.15, -0.1) is 0 Å². The quantitative estimate of drug-likeness (QED) is 0.326. The number of aromatic hydroxyl groups is 1. The number of hydrogen-bond acceptors (Lipinski definition) is 3. The molecule has 1 atom stereocenters. The van der Waals surface area contributed by atoms with E-state index < -0.39 is 0 Å². The Morgan fingerprint density at radius 2 is 1.26 bits per heavy atom. The second-order valence-corrected chi connectivity index (χ2v) is 7.74. The van der Waals surface area contributed by atoms with Crippen molar-refractivity contribution in [3.8, 4) is 11.5 Å². The van der Waals surface area contributed by atoms with Crippen LogP contribution in [-0.4, -0.2) is 11.2 Å². The third-order valence-electron chi connectivity index (χ3n) is 4.86. The standard InChI is InChI=1S/C14H22O2.C14H14O/c1-3-4-5-6-7-12(2)16-14-10-8-13(15)9-11-14;1-3-7-13(8-4-1)11-15-12-14-9-5-2-6-10-14/h8-12,15H,3-7H2,1-2H3;1-10H,11-12H2. The Morgan fingerprint density at radius 3 is 1.77 bits per heavy atom. The van der Waals surface area contributed by atoms with Crippen LogP contribution in [0.4, 0.5) is 0 Å². The summed E-state index contributed by atoms with van der Waals surface area (Å²) >= 11 is 0. The van der Waals surface area contributed by atoms with Gasteiger partial charge in [-0.25, -0.2) is 0 Å². The molecule has 0 saturated heterocycles. The summed E-state index contributed by atoms with van der Waals surface area (Å²) in [5, 5.41) is 9.14. The van der Waals surface area contributed by atoms with E-state index in [1.165, 1.54) is 36.8 Å². The van der Waals surface area contributed by atoms with Gasteiger partial charge in [-0.3, -0.25) is 0 Å². The lowest BCUT2D eigenvalue weighted by atomic mass is 10.1. The third kappa shape index (κ3) is 11.3. The molecule has 3 aromatic rings. The topological polar surface area (TPSA) is 38.7 Å². The summed E-state index contributed by atoms with van der Waals surface area (Å²) in [6.07, 6.45) is 6.45. The maximum atomic E-state index is 9.14. The highest BCUT2D eigenvalue weighted by Crippen LogP contribution is 2.18. The molecule has 31 heavy (non-hydrogen) atoms. The fraction of sp³-hybridized carbons (Fsp3) is 0.357. The minimum Gasteiger partial charge on any atom is -0.508 e. The first-order valence-corrected chi connectivity index (χ1v) is 11.3. The van der Waals surface area contributed by atoms with E-state index in [0.717, 1.165) is 12.2 Å². The normalized spacial score (nSPS) is 11.3. The lowest BCUT2D eigenvalue weighted by molar-refractivity contribution is 0.107. The summed E-state index contributed by atoms with van der Waals surface area (Å²) in [6.45, 7) is 5.67. The van der Waals surface area contributed by atoms with Gasteiger partial charge in [-0.2, -0.15) is 0 Å². The largest absolute Gasteiger partial charge is 0.508 e. The highest BCUT2D eigenvalue weighted by Gasteiger charge is 2.03. The zero-order valence-electron chi connectivity index (χ0n) is 18.9. The molecule has 0 aliphatic heterocycles. The summed E-state index contributed by atoms with van der Waals surface area (Å²) in [4.78, 5) is 0. The predicted octanol–water partition coefficient (Wildman–Crippen LogP) is 7.53. The van der Waals surface area contributed by atoms with Gasteiger partial charge in [0.2, 0.25) is 0 Å². The van der Waals surface area contributed by atoms with Crippen molar-refractivity contribution in [2.45, 2.75) is 65.3 Å². The van der Waals surface area contributed by atoms with Crippen LogP contribution in [0.3, 0.4) is 0 Å². The highest BCUT2D eigenvalue weighted by molar-refractivity contribution is 5.30. The zero-order chi connectivity index (χ0) is 22.2. The summed E-state index contributed by atoms with van der Waals surface area (Å²) < 4.78 is 11.3. The number of hydrogen-bond donors (Lipinski definition) is 1. The van der Waals surface area contributed by atoms with E-state index in [-0.39, 0.29) is 11.9 Å². The molecule has 0 aromatic heterocycles. The molecule has 0 heterocycles. The number of ether oxygens (including phenoxy) is 2. The number of phenols is 1. The van der Waals surface area contributed by atoms with Gasteiger partial charge >= 0.3 is 0 Å². The van der Waals surface area contributed by atoms with Crippen molar-refractivity contribution in [1.29, 1.82) is 0 Å². The van der Waals surface area contributed by atoms with Crippen LogP contribution in [0.25, 0.3) is 0 Å². The van der Waals surface area contributed by atoms with Gasteiger partial charge in [-0.1, -0.05) is 86.8 Å². The maximum absolute atomic E-state index is 9.14. The van der Waals surface area contributed by atoms with Crippen LogP contribution in [0.1, 0.15) is 57.1 Å². The van der Waals surface area contributed by atoms with Crippen LogP contribution in [0, 0.1) is 0 Å². The smallest absolute Gasteiger partial charge is 0.119 e. The second-order valence-electron chi connectivity index (χ2n) is 7.74. The average molecular weight is 421 g/mol. The molecule has 0 bridgehead atoms. The molecule has 3 nitrogen and oxygen atoms in total. The van der Waals surface area contributed by atoms with Crippen molar-refractivity contribution in [3.05, 3.63) is 96.1 Å². The van der Waals surface area contributed by atoms with Crippen molar-refractivity contribution in [2.75, 3.05) is 0 Å². The van der Waals surface area contributed by atoms with Gasteiger partial charge in [0, 0.05) is 0 Å². The number of benzene rings is 3. The molecular weight excluding hydrogens is 384 g/mol. The molecule has 0 amide bonds. The fourth-order valence-electron chi connectivity index (χ4n) is 3.11. The monoisotopic (exact) mass is 420 g/mol. The van der Waals surface area contributed by atoms with Crippen molar-refractivity contribution in [2.24, 2.45) is 0 Å². The maximum Gasteiger partial charge on any atom is 0.119 e. The molecule has 3 aromatic carbocycles.